The first-order chi connectivity index (χ1) is 8.92. The predicted octanol–water partition coefficient (Wildman–Crippen LogP) is 2.28. The fraction of sp³-hybridized carbons (Fsp3) is 0.429. The van der Waals surface area contributed by atoms with Gasteiger partial charge in [0.1, 0.15) is 0 Å². The highest BCUT2D eigenvalue weighted by Gasteiger charge is 2.17. The number of benzene rings is 1. The summed E-state index contributed by atoms with van der Waals surface area (Å²) in [5, 5.41) is 7.45. The van der Waals surface area contributed by atoms with Crippen molar-refractivity contribution in [2.24, 2.45) is 5.92 Å². The van der Waals surface area contributed by atoms with Gasteiger partial charge < -0.3 is 9.84 Å². The topological polar surface area (TPSA) is 51.0 Å². The molecule has 0 amide bonds. The van der Waals surface area contributed by atoms with Crippen LogP contribution in [0.25, 0.3) is 11.4 Å². The van der Waals surface area contributed by atoms with Gasteiger partial charge in [-0.15, -0.1) is 0 Å². The molecule has 0 saturated carbocycles. The van der Waals surface area contributed by atoms with Crippen LogP contribution in [0.3, 0.4) is 0 Å². The molecule has 2 heterocycles. The number of hydrogen-bond donors (Lipinski definition) is 1. The summed E-state index contributed by atoms with van der Waals surface area (Å²) in [7, 11) is 0. The molecule has 1 atom stereocenters. The van der Waals surface area contributed by atoms with E-state index in [0.717, 1.165) is 31.0 Å². The lowest BCUT2D eigenvalue weighted by Crippen LogP contribution is -2.30. The SMILES string of the molecule is c1ccc(-c2noc(CC3CCCNC3)n2)cc1. The van der Waals surface area contributed by atoms with E-state index in [9.17, 15) is 0 Å². The van der Waals surface area contributed by atoms with E-state index in [2.05, 4.69) is 15.5 Å². The molecule has 0 spiro atoms. The summed E-state index contributed by atoms with van der Waals surface area (Å²) >= 11 is 0. The van der Waals surface area contributed by atoms with E-state index in [1.54, 1.807) is 0 Å². The van der Waals surface area contributed by atoms with Crippen LogP contribution in [0.2, 0.25) is 0 Å². The Morgan fingerprint density at radius 1 is 1.28 bits per heavy atom. The quantitative estimate of drug-likeness (QED) is 0.898. The second-order valence-electron chi connectivity index (χ2n) is 4.79. The zero-order chi connectivity index (χ0) is 12.2. The highest BCUT2D eigenvalue weighted by molar-refractivity contribution is 5.53. The van der Waals surface area contributed by atoms with Gasteiger partial charge >= 0.3 is 0 Å². The van der Waals surface area contributed by atoms with Crippen molar-refractivity contribution < 1.29 is 4.52 Å². The minimum atomic E-state index is 0.628. The van der Waals surface area contributed by atoms with E-state index < -0.39 is 0 Å². The van der Waals surface area contributed by atoms with E-state index >= 15 is 0 Å². The van der Waals surface area contributed by atoms with Crippen molar-refractivity contribution in [2.45, 2.75) is 19.3 Å². The summed E-state index contributed by atoms with van der Waals surface area (Å²) in [6.45, 7) is 2.19. The van der Waals surface area contributed by atoms with Gasteiger partial charge in [-0.1, -0.05) is 35.5 Å². The van der Waals surface area contributed by atoms with Crippen LogP contribution in [0.1, 0.15) is 18.7 Å². The summed E-state index contributed by atoms with van der Waals surface area (Å²) in [5.41, 5.74) is 1.01. The monoisotopic (exact) mass is 243 g/mol. The van der Waals surface area contributed by atoms with Crippen molar-refractivity contribution in [1.82, 2.24) is 15.5 Å². The number of piperidine rings is 1. The zero-order valence-corrected chi connectivity index (χ0v) is 10.3. The predicted molar refractivity (Wildman–Crippen MR) is 69.0 cm³/mol. The maximum absolute atomic E-state index is 5.33. The van der Waals surface area contributed by atoms with Crippen molar-refractivity contribution in [1.29, 1.82) is 0 Å². The molecule has 0 radical (unpaired) electrons. The first-order valence-electron chi connectivity index (χ1n) is 6.50. The number of aromatic nitrogens is 2. The maximum Gasteiger partial charge on any atom is 0.227 e. The van der Waals surface area contributed by atoms with Crippen LogP contribution >= 0.6 is 0 Å². The second-order valence-corrected chi connectivity index (χ2v) is 4.79. The zero-order valence-electron chi connectivity index (χ0n) is 10.3. The molecule has 1 aromatic carbocycles. The van der Waals surface area contributed by atoms with Gasteiger partial charge in [-0.25, -0.2) is 0 Å². The van der Waals surface area contributed by atoms with Gasteiger partial charge in [0.15, 0.2) is 0 Å². The number of rotatable bonds is 3. The Balaban J connectivity index is 1.69. The molecule has 3 rings (SSSR count). The van der Waals surface area contributed by atoms with Crippen molar-refractivity contribution in [3.8, 4) is 11.4 Å². The largest absolute Gasteiger partial charge is 0.339 e. The third-order valence-corrected chi connectivity index (χ3v) is 3.36. The van der Waals surface area contributed by atoms with Crippen molar-refractivity contribution in [3.05, 3.63) is 36.2 Å². The van der Waals surface area contributed by atoms with E-state index in [0.29, 0.717) is 11.7 Å². The van der Waals surface area contributed by atoms with E-state index in [1.807, 2.05) is 30.3 Å². The summed E-state index contributed by atoms with van der Waals surface area (Å²) in [6.07, 6.45) is 3.37. The Morgan fingerprint density at radius 2 is 2.17 bits per heavy atom. The maximum atomic E-state index is 5.33. The minimum Gasteiger partial charge on any atom is -0.339 e. The van der Waals surface area contributed by atoms with Crippen LogP contribution in [0, 0.1) is 5.92 Å². The fourth-order valence-corrected chi connectivity index (χ4v) is 2.39. The molecule has 1 aliphatic rings. The molecule has 94 valence electrons. The van der Waals surface area contributed by atoms with E-state index in [1.165, 1.54) is 12.8 Å². The highest BCUT2D eigenvalue weighted by atomic mass is 16.5. The Labute approximate surface area is 106 Å². The molecule has 1 aromatic heterocycles. The molecule has 4 nitrogen and oxygen atoms in total. The molecule has 18 heavy (non-hydrogen) atoms. The summed E-state index contributed by atoms with van der Waals surface area (Å²) < 4.78 is 5.33. The van der Waals surface area contributed by atoms with Gasteiger partial charge in [-0.05, 0) is 31.8 Å². The average Bonchev–Trinajstić information content (AvgIpc) is 2.89. The Kier molecular flexibility index (Phi) is 3.37. The Morgan fingerprint density at radius 3 is 2.94 bits per heavy atom. The van der Waals surface area contributed by atoms with Gasteiger partial charge in [0.25, 0.3) is 0 Å². The Bertz CT molecular complexity index is 489. The molecule has 0 bridgehead atoms. The standard InChI is InChI=1S/C14H17N3O/c1-2-6-12(7-3-1)14-16-13(18-17-14)9-11-5-4-8-15-10-11/h1-3,6-7,11,15H,4-5,8-10H2. The fourth-order valence-electron chi connectivity index (χ4n) is 2.39. The van der Waals surface area contributed by atoms with Crippen LogP contribution < -0.4 is 5.32 Å². The molecule has 2 aromatic rings. The van der Waals surface area contributed by atoms with Gasteiger partial charge in [-0.3, -0.25) is 0 Å². The second kappa shape index (κ2) is 5.31. The van der Waals surface area contributed by atoms with Gasteiger partial charge in [0, 0.05) is 12.0 Å². The van der Waals surface area contributed by atoms with Crippen LogP contribution in [0.15, 0.2) is 34.9 Å². The van der Waals surface area contributed by atoms with E-state index in [-0.39, 0.29) is 0 Å². The Hall–Kier alpha value is -1.68. The summed E-state index contributed by atoms with van der Waals surface area (Å²) in [4.78, 5) is 4.47. The van der Waals surface area contributed by atoms with Crippen LogP contribution in [-0.4, -0.2) is 23.2 Å². The first kappa shape index (κ1) is 11.4. The molecule has 1 aliphatic heterocycles. The molecule has 4 heteroatoms. The van der Waals surface area contributed by atoms with Gasteiger partial charge in [0.05, 0.1) is 0 Å². The van der Waals surface area contributed by atoms with Crippen LogP contribution in [-0.2, 0) is 6.42 Å². The normalized spacial score (nSPS) is 19.9. The molecule has 1 N–H and O–H groups in total. The van der Waals surface area contributed by atoms with E-state index in [4.69, 9.17) is 4.52 Å². The molecular weight excluding hydrogens is 226 g/mol. The molecule has 1 unspecified atom stereocenters. The number of nitrogens with one attached hydrogen (secondary N) is 1. The summed E-state index contributed by atoms with van der Waals surface area (Å²) in [5.74, 6) is 2.07. The lowest BCUT2D eigenvalue weighted by atomic mass is 9.96. The lowest BCUT2D eigenvalue weighted by molar-refractivity contribution is 0.316. The molecular formula is C14H17N3O. The third kappa shape index (κ3) is 2.59. The number of nitrogens with zero attached hydrogens (tertiary/aromatic N) is 2. The lowest BCUT2D eigenvalue weighted by Gasteiger charge is -2.20. The molecule has 1 saturated heterocycles. The minimum absolute atomic E-state index is 0.628. The van der Waals surface area contributed by atoms with Crippen molar-refractivity contribution in [3.63, 3.8) is 0 Å². The summed E-state index contributed by atoms with van der Waals surface area (Å²) in [6, 6.07) is 9.94. The highest BCUT2D eigenvalue weighted by Crippen LogP contribution is 2.19. The first-order valence-corrected chi connectivity index (χ1v) is 6.50. The smallest absolute Gasteiger partial charge is 0.227 e. The number of hydrogen-bond acceptors (Lipinski definition) is 4. The third-order valence-electron chi connectivity index (χ3n) is 3.36. The van der Waals surface area contributed by atoms with Crippen molar-refractivity contribution >= 4 is 0 Å². The molecule has 1 fully saturated rings. The van der Waals surface area contributed by atoms with Crippen LogP contribution in [0.5, 0.6) is 0 Å². The van der Waals surface area contributed by atoms with Gasteiger partial charge in [0.2, 0.25) is 11.7 Å². The average molecular weight is 243 g/mol. The van der Waals surface area contributed by atoms with Crippen LogP contribution in [0.4, 0.5) is 0 Å². The van der Waals surface area contributed by atoms with Crippen molar-refractivity contribution in [2.75, 3.05) is 13.1 Å². The van der Waals surface area contributed by atoms with Gasteiger partial charge in [-0.2, -0.15) is 4.98 Å². The molecule has 0 aliphatic carbocycles.